The van der Waals surface area contributed by atoms with Gasteiger partial charge in [0.15, 0.2) is 0 Å². The molecule has 0 spiro atoms. The molecule has 0 aliphatic rings. The quantitative estimate of drug-likeness (QED) is 0.379. The maximum atomic E-state index is 5.73. The fourth-order valence-corrected chi connectivity index (χ4v) is 2.32. The molecule has 0 aliphatic carbocycles. The van der Waals surface area contributed by atoms with E-state index in [0.29, 0.717) is 6.61 Å². The monoisotopic (exact) mass is 276 g/mol. The third-order valence-corrected chi connectivity index (χ3v) is 3.44. The zero-order valence-corrected chi connectivity index (χ0v) is 13.4. The van der Waals surface area contributed by atoms with Gasteiger partial charge in [-0.25, -0.2) is 0 Å². The summed E-state index contributed by atoms with van der Waals surface area (Å²) in [7, 11) is 4.75. The first-order valence-electron chi connectivity index (χ1n) is 7.47. The van der Waals surface area contributed by atoms with E-state index in [9.17, 15) is 0 Å². The summed E-state index contributed by atoms with van der Waals surface area (Å²) in [6.07, 6.45) is 8.23. The molecule has 0 amide bonds. The summed E-state index contributed by atoms with van der Waals surface area (Å²) in [5.41, 5.74) is 0. The van der Waals surface area contributed by atoms with Gasteiger partial charge in [-0.15, -0.1) is 0 Å². The first-order chi connectivity index (χ1) is 9.20. The normalized spacial score (nSPS) is 13.7. The third-order valence-electron chi connectivity index (χ3n) is 3.44. The zero-order valence-electron chi connectivity index (χ0n) is 13.4. The molecule has 4 nitrogen and oxygen atoms in total. The molecule has 0 aromatic heterocycles. The maximum absolute atomic E-state index is 5.73. The van der Waals surface area contributed by atoms with Crippen molar-refractivity contribution in [2.45, 2.75) is 70.9 Å². The predicted molar refractivity (Wildman–Crippen MR) is 77.2 cm³/mol. The molecule has 0 aromatic carbocycles. The predicted octanol–water partition coefficient (Wildman–Crippen LogP) is 3.74. The lowest BCUT2D eigenvalue weighted by atomic mass is 10.1. The topological polar surface area (TPSA) is 36.9 Å². The molecule has 0 fully saturated rings. The first-order valence-corrected chi connectivity index (χ1v) is 7.47. The number of hydrogen-bond acceptors (Lipinski definition) is 4. The maximum Gasteiger partial charge on any atom is 0.310 e. The zero-order chi connectivity index (χ0) is 14.6. The Labute approximate surface area is 118 Å². The molecule has 0 radical (unpaired) electrons. The fourth-order valence-electron chi connectivity index (χ4n) is 2.32. The van der Waals surface area contributed by atoms with Crippen LogP contribution in [0.25, 0.3) is 0 Å². The lowest BCUT2D eigenvalue weighted by Crippen LogP contribution is -2.49. The van der Waals surface area contributed by atoms with E-state index in [1.807, 2.05) is 6.92 Å². The lowest BCUT2D eigenvalue weighted by molar-refractivity contribution is -0.394. The van der Waals surface area contributed by atoms with Crippen molar-refractivity contribution in [3.63, 3.8) is 0 Å². The van der Waals surface area contributed by atoms with Gasteiger partial charge in [-0.3, -0.25) is 0 Å². The lowest BCUT2D eigenvalue weighted by Gasteiger charge is -2.35. The minimum atomic E-state index is -1.08. The van der Waals surface area contributed by atoms with Crippen molar-refractivity contribution in [1.29, 1.82) is 0 Å². The van der Waals surface area contributed by atoms with E-state index in [-0.39, 0.29) is 6.10 Å². The van der Waals surface area contributed by atoms with Crippen LogP contribution < -0.4 is 0 Å². The molecule has 0 saturated carbocycles. The smallest absolute Gasteiger partial charge is 0.310 e. The molecule has 0 saturated heterocycles. The first kappa shape index (κ1) is 18.8. The Kier molecular flexibility index (Phi) is 11.6. The van der Waals surface area contributed by atoms with Crippen LogP contribution in [0.2, 0.25) is 0 Å². The Morgan fingerprint density at radius 3 is 1.79 bits per heavy atom. The summed E-state index contributed by atoms with van der Waals surface area (Å²) >= 11 is 0. The number of methoxy groups -OCH3 is 3. The van der Waals surface area contributed by atoms with E-state index in [1.54, 1.807) is 21.3 Å². The Bertz CT molecular complexity index is 184. The van der Waals surface area contributed by atoms with E-state index < -0.39 is 5.97 Å². The number of unbranched alkanes of at least 4 members (excludes halogenated alkanes) is 5. The summed E-state index contributed by atoms with van der Waals surface area (Å²) in [6.45, 7) is 4.83. The van der Waals surface area contributed by atoms with Crippen LogP contribution in [0.4, 0.5) is 0 Å². The van der Waals surface area contributed by atoms with Gasteiger partial charge >= 0.3 is 5.97 Å². The average Bonchev–Trinajstić information content (AvgIpc) is 2.45. The van der Waals surface area contributed by atoms with Crippen molar-refractivity contribution in [2.75, 3.05) is 27.9 Å². The molecule has 1 unspecified atom stereocenters. The molecule has 4 heteroatoms. The second-order valence-electron chi connectivity index (χ2n) is 4.72. The van der Waals surface area contributed by atoms with Crippen molar-refractivity contribution in [3.05, 3.63) is 0 Å². The van der Waals surface area contributed by atoms with E-state index in [4.69, 9.17) is 18.9 Å². The van der Waals surface area contributed by atoms with Crippen molar-refractivity contribution in [1.82, 2.24) is 0 Å². The largest absolute Gasteiger partial charge is 0.370 e. The highest BCUT2D eigenvalue weighted by Gasteiger charge is 2.40. The van der Waals surface area contributed by atoms with Gasteiger partial charge in [0, 0.05) is 27.9 Å². The molecule has 0 rings (SSSR count). The van der Waals surface area contributed by atoms with Gasteiger partial charge in [0.1, 0.15) is 6.10 Å². The number of hydrogen-bond donors (Lipinski definition) is 0. The van der Waals surface area contributed by atoms with Gasteiger partial charge < -0.3 is 18.9 Å². The van der Waals surface area contributed by atoms with Gasteiger partial charge in [0.25, 0.3) is 0 Å². The Morgan fingerprint density at radius 1 is 0.789 bits per heavy atom. The number of ether oxygens (including phenoxy) is 4. The highest BCUT2D eigenvalue weighted by Crippen LogP contribution is 2.25. The van der Waals surface area contributed by atoms with Gasteiger partial charge in [0.05, 0.1) is 0 Å². The molecule has 0 aliphatic heterocycles. The van der Waals surface area contributed by atoms with Crippen LogP contribution in [0, 0.1) is 0 Å². The summed E-state index contributed by atoms with van der Waals surface area (Å²) in [6, 6.07) is 0. The minimum Gasteiger partial charge on any atom is -0.370 e. The molecular formula is C15H32O4. The minimum absolute atomic E-state index is 0.191. The number of rotatable bonds is 13. The Balaban J connectivity index is 4.16. The van der Waals surface area contributed by atoms with Crippen molar-refractivity contribution in [3.8, 4) is 0 Å². The molecular weight excluding hydrogens is 244 g/mol. The SMILES string of the molecule is CCCCCCCCC(OCC)C(OC)(OC)OC. The van der Waals surface area contributed by atoms with Crippen LogP contribution in [-0.4, -0.2) is 40.0 Å². The highest BCUT2D eigenvalue weighted by molar-refractivity contribution is 4.71. The molecule has 0 bridgehead atoms. The van der Waals surface area contributed by atoms with Crippen LogP contribution >= 0.6 is 0 Å². The van der Waals surface area contributed by atoms with E-state index >= 15 is 0 Å². The van der Waals surface area contributed by atoms with Crippen molar-refractivity contribution < 1.29 is 18.9 Å². The van der Waals surface area contributed by atoms with Crippen molar-refractivity contribution >= 4 is 0 Å². The Morgan fingerprint density at radius 2 is 1.32 bits per heavy atom. The van der Waals surface area contributed by atoms with Crippen LogP contribution in [0.15, 0.2) is 0 Å². The van der Waals surface area contributed by atoms with Crippen molar-refractivity contribution in [2.24, 2.45) is 0 Å². The average molecular weight is 276 g/mol. The standard InChI is InChI=1S/C15H32O4/c1-6-8-9-10-11-12-13-14(19-7-2)15(16-3,17-4)18-5/h14H,6-13H2,1-5H3. The fraction of sp³-hybridized carbons (Fsp3) is 1.00. The molecule has 0 N–H and O–H groups in total. The second kappa shape index (κ2) is 11.6. The Hall–Kier alpha value is -0.160. The van der Waals surface area contributed by atoms with Gasteiger partial charge in [0.2, 0.25) is 0 Å². The summed E-state index contributed by atoms with van der Waals surface area (Å²) in [4.78, 5) is 0. The summed E-state index contributed by atoms with van der Waals surface area (Å²) < 4.78 is 21.9. The highest BCUT2D eigenvalue weighted by atomic mass is 16.9. The molecule has 116 valence electrons. The molecule has 0 heterocycles. The van der Waals surface area contributed by atoms with Gasteiger partial charge in [-0.2, -0.15) is 0 Å². The van der Waals surface area contributed by atoms with E-state index in [0.717, 1.165) is 12.8 Å². The van der Waals surface area contributed by atoms with Crippen LogP contribution in [0.1, 0.15) is 58.8 Å². The summed E-state index contributed by atoms with van der Waals surface area (Å²) in [5, 5.41) is 0. The molecule has 1 atom stereocenters. The van der Waals surface area contributed by atoms with Crippen LogP contribution in [0.5, 0.6) is 0 Å². The van der Waals surface area contributed by atoms with Gasteiger partial charge in [-0.05, 0) is 13.3 Å². The summed E-state index contributed by atoms with van der Waals surface area (Å²) in [5.74, 6) is -1.08. The van der Waals surface area contributed by atoms with E-state index in [2.05, 4.69) is 6.92 Å². The molecule has 19 heavy (non-hydrogen) atoms. The van der Waals surface area contributed by atoms with E-state index in [1.165, 1.54) is 32.1 Å². The van der Waals surface area contributed by atoms with Gasteiger partial charge in [-0.1, -0.05) is 45.4 Å². The molecule has 0 aromatic rings. The van der Waals surface area contributed by atoms with Crippen LogP contribution in [-0.2, 0) is 18.9 Å². The third kappa shape index (κ3) is 6.70. The second-order valence-corrected chi connectivity index (χ2v) is 4.72. The van der Waals surface area contributed by atoms with Crippen LogP contribution in [0.3, 0.4) is 0 Å².